The van der Waals surface area contributed by atoms with Crippen LogP contribution in [0, 0.1) is 47.4 Å². The standard InChI is InChI=1S/C17H17ClF4O2/c1-8-13(19)15(21)9(16(22)14(8)20)7-24-12(23)6-11-10(4-5-18)17(11,2)3/h4-5,10-11H,6-7H2,1-3H3/b5-4+/t10-,11+/m1/s1. The van der Waals surface area contributed by atoms with Gasteiger partial charge in [-0.05, 0) is 24.2 Å². The summed E-state index contributed by atoms with van der Waals surface area (Å²) in [6.07, 6.45) is 1.79. The third-order valence-corrected chi connectivity index (χ3v) is 4.90. The highest BCUT2D eigenvalue weighted by atomic mass is 35.5. The van der Waals surface area contributed by atoms with Gasteiger partial charge in [-0.3, -0.25) is 4.79 Å². The Morgan fingerprint density at radius 2 is 1.71 bits per heavy atom. The monoisotopic (exact) mass is 364 g/mol. The maximum atomic E-state index is 13.7. The first kappa shape index (κ1) is 18.8. The van der Waals surface area contributed by atoms with Crippen molar-refractivity contribution in [1.82, 2.24) is 0 Å². The van der Waals surface area contributed by atoms with Crippen molar-refractivity contribution in [2.75, 3.05) is 0 Å². The van der Waals surface area contributed by atoms with E-state index in [0.29, 0.717) is 0 Å². The van der Waals surface area contributed by atoms with Crippen molar-refractivity contribution in [3.63, 3.8) is 0 Å². The van der Waals surface area contributed by atoms with E-state index in [4.69, 9.17) is 16.3 Å². The Morgan fingerprint density at radius 1 is 1.17 bits per heavy atom. The van der Waals surface area contributed by atoms with Gasteiger partial charge in [0.05, 0.1) is 5.56 Å². The van der Waals surface area contributed by atoms with Gasteiger partial charge in [-0.15, -0.1) is 0 Å². The molecule has 0 bridgehead atoms. The molecule has 1 aliphatic rings. The third-order valence-electron chi connectivity index (χ3n) is 4.76. The molecule has 1 aromatic rings. The summed E-state index contributed by atoms with van der Waals surface area (Å²) in [4.78, 5) is 11.9. The van der Waals surface area contributed by atoms with Gasteiger partial charge in [-0.25, -0.2) is 17.6 Å². The number of ether oxygens (including phenoxy) is 1. The van der Waals surface area contributed by atoms with E-state index in [2.05, 4.69) is 0 Å². The lowest BCUT2D eigenvalue weighted by Gasteiger charge is -2.10. The smallest absolute Gasteiger partial charge is 0.306 e. The first-order chi connectivity index (χ1) is 11.1. The van der Waals surface area contributed by atoms with Gasteiger partial charge < -0.3 is 4.74 Å². The van der Waals surface area contributed by atoms with Gasteiger partial charge in [0.15, 0.2) is 23.3 Å². The minimum Gasteiger partial charge on any atom is -0.461 e. The van der Waals surface area contributed by atoms with Crippen LogP contribution in [0.1, 0.15) is 31.4 Å². The van der Waals surface area contributed by atoms with Crippen molar-refractivity contribution in [2.24, 2.45) is 17.3 Å². The summed E-state index contributed by atoms with van der Waals surface area (Å²) in [6.45, 7) is 3.97. The molecule has 0 radical (unpaired) electrons. The van der Waals surface area contributed by atoms with Crippen LogP contribution in [0.15, 0.2) is 11.6 Å². The normalized spacial score (nSPS) is 22.0. The number of halogens is 5. The molecule has 1 saturated carbocycles. The quantitative estimate of drug-likeness (QED) is 0.417. The average molecular weight is 365 g/mol. The number of benzene rings is 1. The Labute approximate surface area is 142 Å². The topological polar surface area (TPSA) is 26.3 Å². The first-order valence-electron chi connectivity index (χ1n) is 7.36. The average Bonchev–Trinajstić information content (AvgIpc) is 3.03. The molecule has 1 aromatic carbocycles. The molecule has 0 heterocycles. The fraction of sp³-hybridized carbons (Fsp3) is 0.471. The van der Waals surface area contributed by atoms with Gasteiger partial charge in [0.1, 0.15) is 6.61 Å². The van der Waals surface area contributed by atoms with Crippen LogP contribution in [0.3, 0.4) is 0 Å². The number of hydrogen-bond acceptors (Lipinski definition) is 2. The second kappa shape index (κ2) is 6.75. The number of carbonyl (C=O) groups excluding carboxylic acids is 1. The highest BCUT2D eigenvalue weighted by molar-refractivity contribution is 6.25. The minimum absolute atomic E-state index is 0.0128. The Morgan fingerprint density at radius 3 is 2.21 bits per heavy atom. The van der Waals surface area contributed by atoms with Gasteiger partial charge in [0, 0.05) is 17.5 Å². The van der Waals surface area contributed by atoms with Gasteiger partial charge in [-0.1, -0.05) is 31.5 Å². The van der Waals surface area contributed by atoms with Crippen molar-refractivity contribution in [3.8, 4) is 0 Å². The Kier molecular flexibility index (Phi) is 5.28. The van der Waals surface area contributed by atoms with Gasteiger partial charge in [0.25, 0.3) is 0 Å². The van der Waals surface area contributed by atoms with Crippen molar-refractivity contribution in [1.29, 1.82) is 0 Å². The number of carbonyl (C=O) groups is 1. The summed E-state index contributed by atoms with van der Waals surface area (Å²) < 4.78 is 59.2. The predicted molar refractivity (Wildman–Crippen MR) is 81.2 cm³/mol. The zero-order valence-corrected chi connectivity index (χ0v) is 14.2. The highest BCUT2D eigenvalue weighted by Gasteiger charge is 2.56. The molecule has 0 spiro atoms. The number of hydrogen-bond donors (Lipinski definition) is 0. The fourth-order valence-electron chi connectivity index (χ4n) is 2.94. The van der Waals surface area contributed by atoms with E-state index in [0.717, 1.165) is 6.92 Å². The molecule has 0 amide bonds. The van der Waals surface area contributed by atoms with Crippen molar-refractivity contribution in [2.45, 2.75) is 33.8 Å². The van der Waals surface area contributed by atoms with Gasteiger partial charge in [0.2, 0.25) is 0 Å². The third kappa shape index (κ3) is 3.29. The van der Waals surface area contributed by atoms with E-state index in [9.17, 15) is 22.4 Å². The summed E-state index contributed by atoms with van der Waals surface area (Å²) >= 11 is 5.53. The number of esters is 1. The zero-order valence-electron chi connectivity index (χ0n) is 13.4. The minimum atomic E-state index is -1.55. The molecule has 2 nitrogen and oxygen atoms in total. The molecule has 1 fully saturated rings. The number of allylic oxidation sites excluding steroid dienone is 1. The zero-order chi connectivity index (χ0) is 18.2. The van der Waals surface area contributed by atoms with E-state index in [1.807, 2.05) is 13.8 Å². The SMILES string of the molecule is Cc1c(F)c(F)c(COC(=O)C[C@H]2[C@@H](/C=C/Cl)C2(C)C)c(F)c1F. The lowest BCUT2D eigenvalue weighted by atomic mass is 10.1. The van der Waals surface area contributed by atoms with Crippen LogP contribution in [0.2, 0.25) is 0 Å². The molecule has 24 heavy (non-hydrogen) atoms. The molecular weight excluding hydrogens is 348 g/mol. The molecular formula is C17H17ClF4O2. The first-order valence-corrected chi connectivity index (χ1v) is 7.80. The summed E-state index contributed by atoms with van der Waals surface area (Å²) in [7, 11) is 0. The molecule has 132 valence electrons. The Hall–Kier alpha value is -1.56. The van der Waals surface area contributed by atoms with Crippen LogP contribution in [-0.2, 0) is 16.1 Å². The van der Waals surface area contributed by atoms with E-state index in [1.165, 1.54) is 5.54 Å². The molecule has 0 N–H and O–H groups in total. The van der Waals surface area contributed by atoms with Crippen molar-refractivity contribution >= 4 is 17.6 Å². The number of rotatable bonds is 5. The maximum absolute atomic E-state index is 13.7. The molecule has 7 heteroatoms. The molecule has 0 aromatic heterocycles. The van der Waals surface area contributed by atoms with E-state index >= 15 is 0 Å². The predicted octanol–water partition coefficient (Wildman–Crippen LogP) is 5.01. The van der Waals surface area contributed by atoms with Crippen LogP contribution >= 0.6 is 11.6 Å². The highest BCUT2D eigenvalue weighted by Crippen LogP contribution is 2.60. The van der Waals surface area contributed by atoms with E-state index < -0.39 is 47.0 Å². The second-order valence-corrected chi connectivity index (χ2v) is 6.75. The Balaban J connectivity index is 2.04. The molecule has 0 saturated heterocycles. The molecule has 0 aliphatic heterocycles. The van der Waals surface area contributed by atoms with Gasteiger partial charge >= 0.3 is 5.97 Å². The lowest BCUT2D eigenvalue weighted by molar-refractivity contribution is -0.145. The summed E-state index contributed by atoms with van der Waals surface area (Å²) in [5, 5.41) is 0. The molecule has 2 atom stereocenters. The van der Waals surface area contributed by atoms with Crippen molar-refractivity contribution < 1.29 is 27.1 Å². The van der Waals surface area contributed by atoms with Crippen LogP contribution in [0.25, 0.3) is 0 Å². The second-order valence-electron chi connectivity index (χ2n) is 6.50. The summed E-state index contributed by atoms with van der Waals surface area (Å²) in [5.74, 6) is -6.68. The van der Waals surface area contributed by atoms with E-state index in [1.54, 1.807) is 6.08 Å². The molecule has 2 rings (SSSR count). The van der Waals surface area contributed by atoms with E-state index in [-0.39, 0.29) is 23.7 Å². The lowest BCUT2D eigenvalue weighted by Crippen LogP contribution is -2.12. The van der Waals surface area contributed by atoms with Crippen LogP contribution in [-0.4, -0.2) is 5.97 Å². The summed E-state index contributed by atoms with van der Waals surface area (Å²) in [6, 6.07) is 0. The van der Waals surface area contributed by atoms with Crippen molar-refractivity contribution in [3.05, 3.63) is 46.0 Å². The molecule has 1 aliphatic carbocycles. The largest absolute Gasteiger partial charge is 0.461 e. The van der Waals surface area contributed by atoms with Crippen LogP contribution < -0.4 is 0 Å². The van der Waals surface area contributed by atoms with Gasteiger partial charge in [-0.2, -0.15) is 0 Å². The van der Waals surface area contributed by atoms with Crippen LogP contribution in [0.5, 0.6) is 0 Å². The van der Waals surface area contributed by atoms with Crippen LogP contribution in [0.4, 0.5) is 17.6 Å². The Bertz CT molecular complexity index is 671. The molecule has 0 unspecified atom stereocenters. The fourth-order valence-corrected chi connectivity index (χ4v) is 3.10. The maximum Gasteiger partial charge on any atom is 0.306 e. The summed E-state index contributed by atoms with van der Waals surface area (Å²) in [5.41, 5.74) is -0.449.